The van der Waals surface area contributed by atoms with E-state index in [0.717, 1.165) is 23.6 Å². The fraction of sp³-hybridized carbons (Fsp3) is 0.375. The van der Waals surface area contributed by atoms with E-state index < -0.39 is 11.6 Å². The van der Waals surface area contributed by atoms with E-state index >= 15 is 4.39 Å². The minimum absolute atomic E-state index is 0.00335. The summed E-state index contributed by atoms with van der Waals surface area (Å²) in [5.41, 5.74) is 4.44. The van der Waals surface area contributed by atoms with Crippen LogP contribution in [0.5, 0.6) is 5.75 Å². The third kappa shape index (κ3) is 3.15. The van der Waals surface area contributed by atoms with E-state index in [-0.39, 0.29) is 22.3 Å². The molecule has 2 aromatic rings. The number of hydrogen-bond donors (Lipinski definition) is 0. The molecule has 28 heavy (non-hydrogen) atoms. The Balaban J connectivity index is 2.38. The van der Waals surface area contributed by atoms with E-state index in [1.807, 2.05) is 13.0 Å². The summed E-state index contributed by atoms with van der Waals surface area (Å²) in [5.74, 6) is -1.40. The number of carbonyl (C=O) groups excluding carboxylic acids is 1. The van der Waals surface area contributed by atoms with Gasteiger partial charge in [-0.2, -0.15) is 0 Å². The normalized spacial score (nSPS) is 15.2. The Hall–Kier alpha value is -2.49. The van der Waals surface area contributed by atoms with Gasteiger partial charge in [-0.1, -0.05) is 39.8 Å². The molecule has 0 N–H and O–H groups in total. The molecule has 4 heteroatoms. The zero-order valence-corrected chi connectivity index (χ0v) is 17.2. The highest BCUT2D eigenvalue weighted by Gasteiger charge is 2.31. The number of aldehydes is 1. The Morgan fingerprint density at radius 2 is 1.82 bits per heavy atom. The molecule has 0 bridgehead atoms. The molecule has 0 atom stereocenters. The number of fused-ring (bicyclic) bond motifs is 1. The van der Waals surface area contributed by atoms with Crippen LogP contribution in [0.25, 0.3) is 16.7 Å². The standard InChI is InChI=1S/C24H26F2O2/c1-13(2)16-7-8-24(4,5)19-9-14(3)17(11-18(16)19)21-22(26)15(12-27)10-20(25)23(21)28-6/h7,9-13H,8H2,1-6H3. The van der Waals surface area contributed by atoms with Crippen LogP contribution >= 0.6 is 0 Å². The summed E-state index contributed by atoms with van der Waals surface area (Å²) in [7, 11) is 1.30. The molecule has 1 aliphatic carbocycles. The van der Waals surface area contributed by atoms with Crippen LogP contribution in [0.3, 0.4) is 0 Å². The number of halogens is 2. The van der Waals surface area contributed by atoms with E-state index in [4.69, 9.17) is 4.74 Å². The molecular weight excluding hydrogens is 358 g/mol. The molecule has 0 aromatic heterocycles. The lowest BCUT2D eigenvalue weighted by Gasteiger charge is -2.34. The highest BCUT2D eigenvalue weighted by atomic mass is 19.1. The SMILES string of the molecule is COc1c(F)cc(C=O)c(F)c1-c1cc2c(cc1C)C(C)(C)CC=C2C(C)C. The second kappa shape index (κ2) is 7.16. The average molecular weight is 384 g/mol. The van der Waals surface area contributed by atoms with Crippen molar-refractivity contribution in [3.63, 3.8) is 0 Å². The highest BCUT2D eigenvalue weighted by molar-refractivity contribution is 5.86. The number of carbonyl (C=O) groups is 1. The molecule has 3 rings (SSSR count). The Morgan fingerprint density at radius 1 is 1.14 bits per heavy atom. The monoisotopic (exact) mass is 384 g/mol. The van der Waals surface area contributed by atoms with E-state index in [0.29, 0.717) is 17.8 Å². The van der Waals surface area contributed by atoms with Gasteiger partial charge in [0.25, 0.3) is 0 Å². The molecule has 2 nitrogen and oxygen atoms in total. The zero-order valence-electron chi connectivity index (χ0n) is 17.2. The van der Waals surface area contributed by atoms with E-state index in [1.54, 1.807) is 0 Å². The molecule has 0 spiro atoms. The number of rotatable bonds is 4. The van der Waals surface area contributed by atoms with Crippen molar-refractivity contribution in [3.05, 3.63) is 58.2 Å². The minimum atomic E-state index is -0.763. The Labute approximate surface area is 165 Å². The number of ether oxygens (including phenoxy) is 1. The second-order valence-corrected chi connectivity index (χ2v) is 8.40. The van der Waals surface area contributed by atoms with Gasteiger partial charge in [-0.25, -0.2) is 8.78 Å². The second-order valence-electron chi connectivity index (χ2n) is 8.40. The molecule has 2 aromatic carbocycles. The maximum atomic E-state index is 15.1. The third-order valence-corrected chi connectivity index (χ3v) is 5.66. The lowest BCUT2D eigenvalue weighted by atomic mass is 9.70. The molecule has 1 aliphatic rings. The van der Waals surface area contributed by atoms with Gasteiger partial charge in [-0.15, -0.1) is 0 Å². The lowest BCUT2D eigenvalue weighted by molar-refractivity contribution is 0.111. The van der Waals surface area contributed by atoms with Crippen LogP contribution in [0, 0.1) is 24.5 Å². The lowest BCUT2D eigenvalue weighted by Crippen LogP contribution is -2.23. The van der Waals surface area contributed by atoms with Crippen LogP contribution < -0.4 is 4.74 Å². The summed E-state index contributed by atoms with van der Waals surface area (Å²) < 4.78 is 34.8. The van der Waals surface area contributed by atoms with Gasteiger partial charge in [0, 0.05) is 0 Å². The predicted octanol–water partition coefficient (Wildman–Crippen LogP) is 6.48. The first-order chi connectivity index (χ1) is 13.1. The summed E-state index contributed by atoms with van der Waals surface area (Å²) >= 11 is 0. The summed E-state index contributed by atoms with van der Waals surface area (Å²) in [6.07, 6.45) is 3.50. The van der Waals surface area contributed by atoms with Gasteiger partial charge in [-0.3, -0.25) is 4.79 Å². The number of hydrogen-bond acceptors (Lipinski definition) is 2. The summed E-state index contributed by atoms with van der Waals surface area (Å²) in [6, 6.07) is 4.86. The van der Waals surface area contributed by atoms with Crippen LogP contribution in [0.1, 0.15) is 61.2 Å². The Kier molecular flexibility index (Phi) is 5.18. The summed E-state index contributed by atoms with van der Waals surface area (Å²) in [5, 5.41) is 0. The van der Waals surface area contributed by atoms with Crippen molar-refractivity contribution >= 4 is 11.9 Å². The van der Waals surface area contributed by atoms with Crippen molar-refractivity contribution in [2.24, 2.45) is 5.92 Å². The van der Waals surface area contributed by atoms with Crippen LogP contribution in [0.2, 0.25) is 0 Å². The van der Waals surface area contributed by atoms with Crippen LogP contribution in [0.4, 0.5) is 8.78 Å². The maximum absolute atomic E-state index is 15.1. The smallest absolute Gasteiger partial charge is 0.166 e. The molecule has 0 unspecified atom stereocenters. The Bertz CT molecular complexity index is 985. The first-order valence-corrected chi connectivity index (χ1v) is 9.49. The van der Waals surface area contributed by atoms with Gasteiger partial charge in [-0.05, 0) is 64.6 Å². The molecule has 0 amide bonds. The van der Waals surface area contributed by atoms with Gasteiger partial charge >= 0.3 is 0 Å². The van der Waals surface area contributed by atoms with Crippen LogP contribution in [-0.4, -0.2) is 13.4 Å². The number of allylic oxidation sites excluding steroid dienone is 2. The first kappa shape index (κ1) is 20.2. The largest absolute Gasteiger partial charge is 0.493 e. The van der Waals surface area contributed by atoms with Crippen molar-refractivity contribution in [2.45, 2.75) is 46.5 Å². The van der Waals surface area contributed by atoms with Gasteiger partial charge in [0.05, 0.1) is 18.2 Å². The molecule has 148 valence electrons. The van der Waals surface area contributed by atoms with E-state index in [9.17, 15) is 9.18 Å². The van der Waals surface area contributed by atoms with Gasteiger partial charge in [0.1, 0.15) is 5.82 Å². The molecule has 0 heterocycles. The molecule has 0 aliphatic heterocycles. The van der Waals surface area contributed by atoms with Gasteiger partial charge < -0.3 is 4.74 Å². The molecule has 0 saturated heterocycles. The molecule has 0 radical (unpaired) electrons. The van der Waals surface area contributed by atoms with Crippen molar-refractivity contribution in [1.29, 1.82) is 0 Å². The topological polar surface area (TPSA) is 26.3 Å². The van der Waals surface area contributed by atoms with Crippen molar-refractivity contribution in [3.8, 4) is 16.9 Å². The number of methoxy groups -OCH3 is 1. The zero-order chi connectivity index (χ0) is 20.8. The predicted molar refractivity (Wildman–Crippen MR) is 109 cm³/mol. The van der Waals surface area contributed by atoms with E-state index in [1.165, 1.54) is 18.2 Å². The number of benzene rings is 2. The first-order valence-electron chi connectivity index (χ1n) is 9.49. The molecular formula is C24H26F2O2. The highest BCUT2D eigenvalue weighted by Crippen LogP contribution is 2.46. The fourth-order valence-electron chi connectivity index (χ4n) is 4.06. The average Bonchev–Trinajstić information content (AvgIpc) is 2.63. The molecule has 0 saturated carbocycles. The number of aryl methyl sites for hydroxylation is 1. The van der Waals surface area contributed by atoms with Crippen molar-refractivity contribution in [1.82, 2.24) is 0 Å². The third-order valence-electron chi connectivity index (χ3n) is 5.66. The van der Waals surface area contributed by atoms with Crippen LogP contribution in [0.15, 0.2) is 24.3 Å². The van der Waals surface area contributed by atoms with Gasteiger partial charge in [0.2, 0.25) is 0 Å². The minimum Gasteiger partial charge on any atom is -0.493 e. The molecule has 0 fully saturated rings. The van der Waals surface area contributed by atoms with Crippen molar-refractivity contribution < 1.29 is 18.3 Å². The fourth-order valence-corrected chi connectivity index (χ4v) is 4.06. The van der Waals surface area contributed by atoms with Gasteiger partial charge in [0.15, 0.2) is 17.9 Å². The van der Waals surface area contributed by atoms with E-state index in [2.05, 4.69) is 39.8 Å². The summed E-state index contributed by atoms with van der Waals surface area (Å²) in [4.78, 5) is 11.3. The van der Waals surface area contributed by atoms with Crippen molar-refractivity contribution in [2.75, 3.05) is 7.11 Å². The van der Waals surface area contributed by atoms with Crippen LogP contribution in [-0.2, 0) is 5.41 Å². The Morgan fingerprint density at radius 3 is 2.39 bits per heavy atom. The quantitative estimate of drug-likeness (QED) is 0.564. The summed E-state index contributed by atoms with van der Waals surface area (Å²) in [6.45, 7) is 10.5. The maximum Gasteiger partial charge on any atom is 0.166 e.